The third-order valence-electron chi connectivity index (χ3n) is 2.23. The van der Waals surface area contributed by atoms with E-state index in [1.165, 1.54) is 5.57 Å². The van der Waals surface area contributed by atoms with Crippen molar-refractivity contribution < 1.29 is 0 Å². The first-order chi connectivity index (χ1) is 6.69. The smallest absolute Gasteiger partial charge is 0.154 e. The molecule has 0 saturated heterocycles. The van der Waals surface area contributed by atoms with Crippen LogP contribution in [0.3, 0.4) is 0 Å². The van der Waals surface area contributed by atoms with Crippen LogP contribution in [0.4, 0.5) is 0 Å². The fourth-order valence-corrected chi connectivity index (χ4v) is 1.17. The molecule has 3 nitrogen and oxygen atoms in total. The van der Waals surface area contributed by atoms with Crippen LogP contribution in [0.25, 0.3) is 0 Å². The number of amidine groups is 1. The fraction of sp³-hybridized carbons (Fsp3) is 0.455. The highest BCUT2D eigenvalue weighted by Gasteiger charge is 2.14. The van der Waals surface area contributed by atoms with Crippen molar-refractivity contribution in [3.63, 3.8) is 0 Å². The molecule has 3 heteroatoms. The lowest BCUT2D eigenvalue weighted by Gasteiger charge is -2.06. The molecule has 14 heavy (non-hydrogen) atoms. The van der Waals surface area contributed by atoms with Gasteiger partial charge in [-0.3, -0.25) is 4.99 Å². The van der Waals surface area contributed by atoms with E-state index >= 15 is 0 Å². The van der Waals surface area contributed by atoms with Crippen molar-refractivity contribution in [1.29, 1.82) is 0 Å². The van der Waals surface area contributed by atoms with Crippen LogP contribution in [-0.2, 0) is 0 Å². The van der Waals surface area contributed by atoms with Gasteiger partial charge in [-0.05, 0) is 19.4 Å². The number of hydrogen-bond acceptors (Lipinski definition) is 2. The Kier molecular flexibility index (Phi) is 3.63. The van der Waals surface area contributed by atoms with Crippen LogP contribution in [-0.4, -0.2) is 31.2 Å². The zero-order chi connectivity index (χ0) is 10.6. The van der Waals surface area contributed by atoms with Crippen LogP contribution < -0.4 is 0 Å². The van der Waals surface area contributed by atoms with Crippen LogP contribution in [0.15, 0.2) is 33.4 Å². The molecule has 1 rings (SSSR count). The molecule has 0 spiro atoms. The topological polar surface area (TPSA) is 28.0 Å². The minimum absolute atomic E-state index is 0.921. The van der Waals surface area contributed by atoms with E-state index in [0.717, 1.165) is 18.0 Å². The molecular formula is C11H17N3. The van der Waals surface area contributed by atoms with Gasteiger partial charge in [0.15, 0.2) is 5.84 Å². The summed E-state index contributed by atoms with van der Waals surface area (Å²) in [4.78, 5) is 10.4. The summed E-state index contributed by atoms with van der Waals surface area (Å²) in [5.41, 5.74) is 2.28. The Labute approximate surface area is 85.6 Å². The van der Waals surface area contributed by atoms with Gasteiger partial charge in [0.1, 0.15) is 5.70 Å². The van der Waals surface area contributed by atoms with Gasteiger partial charge in [0.25, 0.3) is 0 Å². The first kappa shape index (κ1) is 10.7. The molecule has 0 amide bonds. The van der Waals surface area contributed by atoms with Crippen molar-refractivity contribution in [2.75, 3.05) is 14.1 Å². The van der Waals surface area contributed by atoms with Gasteiger partial charge in [0.2, 0.25) is 0 Å². The molecule has 0 bridgehead atoms. The van der Waals surface area contributed by atoms with Gasteiger partial charge in [-0.2, -0.15) is 0 Å². The monoisotopic (exact) mass is 191 g/mol. The summed E-state index contributed by atoms with van der Waals surface area (Å²) in [6.07, 6.45) is 6.96. The van der Waals surface area contributed by atoms with Crippen molar-refractivity contribution >= 4 is 12.2 Å². The first-order valence-electron chi connectivity index (χ1n) is 4.80. The molecule has 0 fully saturated rings. The predicted octanol–water partition coefficient (Wildman–Crippen LogP) is 2.23. The van der Waals surface area contributed by atoms with Crippen molar-refractivity contribution in [2.45, 2.75) is 20.3 Å². The zero-order valence-electron chi connectivity index (χ0n) is 9.28. The molecule has 1 aliphatic rings. The van der Waals surface area contributed by atoms with E-state index in [-0.39, 0.29) is 0 Å². The van der Waals surface area contributed by atoms with E-state index in [1.54, 1.807) is 13.4 Å². The van der Waals surface area contributed by atoms with Crippen LogP contribution >= 0.6 is 0 Å². The lowest BCUT2D eigenvalue weighted by atomic mass is 10.2. The number of likely N-dealkylation sites (N-methyl/N-ethyl adjacent to an activating group) is 1. The highest BCUT2D eigenvalue weighted by atomic mass is 15.2. The SMILES string of the molecule is CC/C(C)=C/C=C1/N=CN(C)C1=NC. The van der Waals surface area contributed by atoms with Gasteiger partial charge in [-0.15, -0.1) is 0 Å². The van der Waals surface area contributed by atoms with Crippen molar-refractivity contribution in [3.8, 4) is 0 Å². The summed E-state index contributed by atoms with van der Waals surface area (Å²) in [5, 5.41) is 0. The van der Waals surface area contributed by atoms with Crippen molar-refractivity contribution in [1.82, 2.24) is 4.90 Å². The summed E-state index contributed by atoms with van der Waals surface area (Å²) in [6.45, 7) is 4.26. The van der Waals surface area contributed by atoms with E-state index in [0.29, 0.717) is 0 Å². The molecule has 0 aromatic rings. The van der Waals surface area contributed by atoms with Gasteiger partial charge < -0.3 is 4.90 Å². The minimum Gasteiger partial charge on any atom is -0.319 e. The van der Waals surface area contributed by atoms with Crippen LogP contribution in [0.2, 0.25) is 0 Å². The first-order valence-corrected chi connectivity index (χ1v) is 4.80. The van der Waals surface area contributed by atoms with E-state index in [1.807, 2.05) is 18.0 Å². The van der Waals surface area contributed by atoms with Crippen molar-refractivity contribution in [3.05, 3.63) is 23.4 Å². The molecule has 0 aromatic carbocycles. The molecular weight excluding hydrogens is 174 g/mol. The quantitative estimate of drug-likeness (QED) is 0.657. The highest BCUT2D eigenvalue weighted by Crippen LogP contribution is 2.11. The molecule has 0 saturated carbocycles. The Morgan fingerprint density at radius 2 is 2.36 bits per heavy atom. The molecule has 1 aliphatic heterocycles. The molecule has 0 unspecified atom stereocenters. The normalized spacial score (nSPS) is 22.9. The Hall–Kier alpha value is -1.38. The third-order valence-corrected chi connectivity index (χ3v) is 2.23. The van der Waals surface area contributed by atoms with E-state index in [4.69, 9.17) is 0 Å². The second kappa shape index (κ2) is 4.74. The predicted molar refractivity (Wildman–Crippen MR) is 61.7 cm³/mol. The van der Waals surface area contributed by atoms with Crippen LogP contribution in [0.1, 0.15) is 20.3 Å². The molecule has 76 valence electrons. The van der Waals surface area contributed by atoms with Gasteiger partial charge >= 0.3 is 0 Å². The Morgan fingerprint density at radius 3 is 2.93 bits per heavy atom. The number of hydrogen-bond donors (Lipinski definition) is 0. The molecule has 0 aliphatic carbocycles. The minimum atomic E-state index is 0.921. The lowest BCUT2D eigenvalue weighted by Crippen LogP contribution is -2.20. The van der Waals surface area contributed by atoms with Gasteiger partial charge in [-0.25, -0.2) is 4.99 Å². The van der Waals surface area contributed by atoms with E-state index < -0.39 is 0 Å². The second-order valence-electron chi connectivity index (χ2n) is 3.32. The Morgan fingerprint density at radius 1 is 1.64 bits per heavy atom. The van der Waals surface area contributed by atoms with Gasteiger partial charge in [-0.1, -0.05) is 18.6 Å². The summed E-state index contributed by atoms with van der Waals surface area (Å²) in [7, 11) is 3.73. The van der Waals surface area contributed by atoms with Gasteiger partial charge in [0, 0.05) is 14.1 Å². The maximum Gasteiger partial charge on any atom is 0.154 e. The highest BCUT2D eigenvalue weighted by molar-refractivity contribution is 6.08. The standard InChI is InChI=1S/C11H17N3/c1-5-9(2)6-7-10-11(12-3)14(4)8-13-10/h6-8H,5H2,1-4H3/b9-6+,10-7+,12-11?. The van der Waals surface area contributed by atoms with E-state index in [2.05, 4.69) is 29.9 Å². The summed E-state index contributed by atoms with van der Waals surface area (Å²) in [5.74, 6) is 0.921. The van der Waals surface area contributed by atoms with Crippen molar-refractivity contribution in [2.24, 2.45) is 9.98 Å². The maximum atomic E-state index is 4.26. The molecule has 0 atom stereocenters. The lowest BCUT2D eigenvalue weighted by molar-refractivity contribution is 0.793. The molecule has 0 radical (unpaired) electrons. The number of aliphatic imine (C=N–C) groups is 2. The average Bonchev–Trinajstić information content (AvgIpc) is 2.55. The average molecular weight is 191 g/mol. The molecule has 1 heterocycles. The number of rotatable bonds is 2. The zero-order valence-corrected chi connectivity index (χ0v) is 9.28. The van der Waals surface area contributed by atoms with Crippen LogP contribution in [0, 0.1) is 0 Å². The van der Waals surface area contributed by atoms with Gasteiger partial charge in [0.05, 0.1) is 6.34 Å². The third kappa shape index (κ3) is 2.31. The summed E-state index contributed by atoms with van der Waals surface area (Å²) >= 11 is 0. The Bertz CT molecular complexity index is 321. The Balaban J connectivity index is 2.85. The summed E-state index contributed by atoms with van der Waals surface area (Å²) < 4.78 is 0. The fourth-order valence-electron chi connectivity index (χ4n) is 1.17. The largest absolute Gasteiger partial charge is 0.319 e. The van der Waals surface area contributed by atoms with E-state index in [9.17, 15) is 0 Å². The molecule has 0 aromatic heterocycles. The number of allylic oxidation sites excluding steroid dienone is 3. The number of nitrogens with zero attached hydrogens (tertiary/aromatic N) is 3. The molecule has 0 N–H and O–H groups in total. The van der Waals surface area contributed by atoms with Crippen LogP contribution in [0.5, 0.6) is 0 Å². The maximum absolute atomic E-state index is 4.26. The summed E-state index contributed by atoms with van der Waals surface area (Å²) in [6, 6.07) is 0. The second-order valence-corrected chi connectivity index (χ2v) is 3.32.